The van der Waals surface area contributed by atoms with Crippen LogP contribution in [0.2, 0.25) is 0 Å². The maximum absolute atomic E-state index is 5.17. The minimum Gasteiger partial charge on any atom is -0.380 e. The summed E-state index contributed by atoms with van der Waals surface area (Å²) >= 11 is 0. The number of anilines is 1. The van der Waals surface area contributed by atoms with Crippen molar-refractivity contribution in [2.45, 2.75) is 20.1 Å². The molecule has 5 nitrogen and oxygen atoms in total. The first-order valence-corrected chi connectivity index (χ1v) is 9.70. The molecule has 2 aromatic rings. The minimum atomic E-state index is 0. The van der Waals surface area contributed by atoms with Gasteiger partial charge in [-0.15, -0.1) is 24.0 Å². The first kappa shape index (κ1) is 22.5. The van der Waals surface area contributed by atoms with Crippen LogP contribution in [0.1, 0.15) is 18.1 Å². The molecule has 0 spiro atoms. The van der Waals surface area contributed by atoms with Gasteiger partial charge in [0.15, 0.2) is 5.96 Å². The van der Waals surface area contributed by atoms with Crippen molar-refractivity contribution in [2.24, 2.45) is 4.99 Å². The van der Waals surface area contributed by atoms with E-state index in [1.54, 1.807) is 7.11 Å². The Balaban J connectivity index is 0.00000280. The number of rotatable bonds is 6. The summed E-state index contributed by atoms with van der Waals surface area (Å²) in [6.45, 7) is 8.33. The predicted molar refractivity (Wildman–Crippen MR) is 128 cm³/mol. The molecule has 0 saturated carbocycles. The molecule has 1 heterocycles. The van der Waals surface area contributed by atoms with Gasteiger partial charge in [0.25, 0.3) is 0 Å². The number of hydrogen-bond donors (Lipinski definition) is 1. The number of nitrogens with one attached hydrogen (secondary N) is 1. The fourth-order valence-electron chi connectivity index (χ4n) is 3.31. The quantitative estimate of drug-likeness (QED) is 0.378. The van der Waals surface area contributed by atoms with Crippen molar-refractivity contribution < 1.29 is 4.74 Å². The molecule has 0 aliphatic carbocycles. The number of piperazine rings is 1. The summed E-state index contributed by atoms with van der Waals surface area (Å²) < 4.78 is 5.17. The Hall–Kier alpha value is -1.80. The minimum absolute atomic E-state index is 0. The first-order chi connectivity index (χ1) is 13.3. The normalized spacial score (nSPS) is 14.6. The molecule has 0 unspecified atom stereocenters. The van der Waals surface area contributed by atoms with Crippen LogP contribution in [0.4, 0.5) is 5.69 Å². The number of ether oxygens (including phenoxy) is 1. The smallest absolute Gasteiger partial charge is 0.194 e. The van der Waals surface area contributed by atoms with E-state index in [2.05, 4.69) is 76.6 Å². The molecule has 6 heteroatoms. The van der Waals surface area contributed by atoms with E-state index in [0.717, 1.165) is 38.7 Å². The molecule has 0 atom stereocenters. The third-order valence-electron chi connectivity index (χ3n) is 4.78. The number of hydrogen-bond acceptors (Lipinski definition) is 3. The maximum atomic E-state index is 5.17. The van der Waals surface area contributed by atoms with Crippen molar-refractivity contribution in [3.05, 3.63) is 65.7 Å². The molecule has 1 aliphatic rings. The summed E-state index contributed by atoms with van der Waals surface area (Å²) in [5, 5.41) is 3.45. The van der Waals surface area contributed by atoms with E-state index in [-0.39, 0.29) is 24.0 Å². The van der Waals surface area contributed by atoms with E-state index in [1.807, 2.05) is 0 Å². The molecule has 0 amide bonds. The van der Waals surface area contributed by atoms with Crippen molar-refractivity contribution in [3.63, 3.8) is 0 Å². The van der Waals surface area contributed by atoms with Crippen LogP contribution in [0.25, 0.3) is 0 Å². The van der Waals surface area contributed by atoms with E-state index in [9.17, 15) is 0 Å². The van der Waals surface area contributed by atoms with Crippen molar-refractivity contribution in [2.75, 3.05) is 44.7 Å². The van der Waals surface area contributed by atoms with Gasteiger partial charge in [-0.2, -0.15) is 0 Å². The molecule has 28 heavy (non-hydrogen) atoms. The lowest BCUT2D eigenvalue weighted by Crippen LogP contribution is -2.52. The molecule has 2 aromatic carbocycles. The molecule has 1 fully saturated rings. The third kappa shape index (κ3) is 6.38. The summed E-state index contributed by atoms with van der Waals surface area (Å²) in [4.78, 5) is 9.66. The molecular formula is C22H31IN4O. The van der Waals surface area contributed by atoms with Gasteiger partial charge < -0.3 is 19.9 Å². The number of methoxy groups -OCH3 is 1. The zero-order valence-electron chi connectivity index (χ0n) is 16.8. The van der Waals surface area contributed by atoms with Gasteiger partial charge in [-0.25, -0.2) is 4.99 Å². The van der Waals surface area contributed by atoms with E-state index < -0.39 is 0 Å². The molecule has 3 rings (SSSR count). The maximum Gasteiger partial charge on any atom is 0.194 e. The van der Waals surface area contributed by atoms with Gasteiger partial charge in [-0.05, 0) is 30.2 Å². The first-order valence-electron chi connectivity index (χ1n) is 9.70. The van der Waals surface area contributed by atoms with Crippen LogP contribution in [0.5, 0.6) is 0 Å². The fourth-order valence-corrected chi connectivity index (χ4v) is 3.31. The SMILES string of the molecule is CCNC(=NCc1ccc(COC)cc1)N1CCN(c2ccccc2)CC1.I. The van der Waals surface area contributed by atoms with Crippen LogP contribution in [0.15, 0.2) is 59.6 Å². The van der Waals surface area contributed by atoms with Crippen LogP contribution in [-0.4, -0.2) is 50.7 Å². The summed E-state index contributed by atoms with van der Waals surface area (Å²) in [5.41, 5.74) is 3.71. The van der Waals surface area contributed by atoms with E-state index in [0.29, 0.717) is 13.2 Å². The second kappa shape index (κ2) is 11.9. The highest BCUT2D eigenvalue weighted by Crippen LogP contribution is 2.16. The lowest BCUT2D eigenvalue weighted by Gasteiger charge is -2.37. The number of nitrogens with zero attached hydrogens (tertiary/aromatic N) is 3. The monoisotopic (exact) mass is 494 g/mol. The van der Waals surface area contributed by atoms with Crippen molar-refractivity contribution in [1.82, 2.24) is 10.2 Å². The largest absolute Gasteiger partial charge is 0.380 e. The van der Waals surface area contributed by atoms with Crippen LogP contribution in [0, 0.1) is 0 Å². The Bertz CT molecular complexity index is 713. The lowest BCUT2D eigenvalue weighted by molar-refractivity contribution is 0.185. The average molecular weight is 494 g/mol. The third-order valence-corrected chi connectivity index (χ3v) is 4.78. The molecular weight excluding hydrogens is 463 g/mol. The van der Waals surface area contributed by atoms with Gasteiger partial charge in [-0.1, -0.05) is 42.5 Å². The second-order valence-corrected chi connectivity index (χ2v) is 6.73. The van der Waals surface area contributed by atoms with Crippen LogP contribution >= 0.6 is 24.0 Å². The van der Waals surface area contributed by atoms with Gasteiger partial charge in [0, 0.05) is 45.5 Å². The molecule has 152 valence electrons. The summed E-state index contributed by atoms with van der Waals surface area (Å²) in [6, 6.07) is 19.1. The highest BCUT2D eigenvalue weighted by molar-refractivity contribution is 14.0. The van der Waals surface area contributed by atoms with Crippen molar-refractivity contribution >= 4 is 35.6 Å². The number of para-hydroxylation sites is 1. The molecule has 1 N–H and O–H groups in total. The van der Waals surface area contributed by atoms with E-state index in [4.69, 9.17) is 9.73 Å². The van der Waals surface area contributed by atoms with E-state index in [1.165, 1.54) is 16.8 Å². The van der Waals surface area contributed by atoms with Crippen molar-refractivity contribution in [3.8, 4) is 0 Å². The molecule has 0 aromatic heterocycles. The average Bonchev–Trinajstić information content (AvgIpc) is 2.73. The van der Waals surface area contributed by atoms with E-state index >= 15 is 0 Å². The molecule has 0 radical (unpaired) electrons. The summed E-state index contributed by atoms with van der Waals surface area (Å²) in [6.07, 6.45) is 0. The van der Waals surface area contributed by atoms with Crippen LogP contribution in [0.3, 0.4) is 0 Å². The molecule has 1 aliphatic heterocycles. The zero-order valence-corrected chi connectivity index (χ0v) is 19.1. The number of halogens is 1. The van der Waals surface area contributed by atoms with Gasteiger partial charge in [0.2, 0.25) is 0 Å². The Morgan fingerprint density at radius 2 is 1.61 bits per heavy atom. The fraction of sp³-hybridized carbons (Fsp3) is 0.409. The zero-order chi connectivity index (χ0) is 18.9. The van der Waals surface area contributed by atoms with Gasteiger partial charge in [0.1, 0.15) is 0 Å². The Kier molecular flexibility index (Phi) is 9.57. The Morgan fingerprint density at radius 3 is 2.21 bits per heavy atom. The van der Waals surface area contributed by atoms with Gasteiger partial charge in [0.05, 0.1) is 13.2 Å². The van der Waals surface area contributed by atoms with Crippen LogP contribution < -0.4 is 10.2 Å². The summed E-state index contributed by atoms with van der Waals surface area (Å²) in [7, 11) is 1.72. The Labute approximate surface area is 185 Å². The number of guanidine groups is 1. The molecule has 0 bridgehead atoms. The van der Waals surface area contributed by atoms with Gasteiger partial charge in [-0.3, -0.25) is 0 Å². The predicted octanol–water partition coefficient (Wildman–Crippen LogP) is 3.74. The molecule has 1 saturated heterocycles. The highest BCUT2D eigenvalue weighted by Gasteiger charge is 2.19. The number of aliphatic imine (C=N–C) groups is 1. The second-order valence-electron chi connectivity index (χ2n) is 6.73. The van der Waals surface area contributed by atoms with Crippen LogP contribution in [-0.2, 0) is 17.9 Å². The Morgan fingerprint density at radius 1 is 0.964 bits per heavy atom. The van der Waals surface area contributed by atoms with Crippen molar-refractivity contribution in [1.29, 1.82) is 0 Å². The topological polar surface area (TPSA) is 40.1 Å². The standard InChI is InChI=1S/C22H30N4O.HI/c1-3-23-22(24-17-19-9-11-20(12-10-19)18-27-2)26-15-13-25(14-16-26)21-7-5-4-6-8-21;/h4-12H,3,13-18H2,1-2H3,(H,23,24);1H. The number of benzene rings is 2. The van der Waals surface area contributed by atoms with Gasteiger partial charge >= 0.3 is 0 Å². The summed E-state index contributed by atoms with van der Waals surface area (Å²) in [5.74, 6) is 1.01. The highest BCUT2D eigenvalue weighted by atomic mass is 127. The lowest BCUT2D eigenvalue weighted by atomic mass is 10.1.